The number of rotatable bonds is 11. The van der Waals surface area contributed by atoms with Gasteiger partial charge in [0.25, 0.3) is 5.91 Å². The maximum Gasteiger partial charge on any atom is 0.254 e. The van der Waals surface area contributed by atoms with Crippen molar-refractivity contribution in [2.75, 3.05) is 13.1 Å². The zero-order valence-corrected chi connectivity index (χ0v) is 23.2. The minimum atomic E-state index is -0.378. The van der Waals surface area contributed by atoms with Crippen molar-refractivity contribution in [1.82, 2.24) is 9.80 Å². The molecule has 4 rings (SSSR count). The van der Waals surface area contributed by atoms with Crippen molar-refractivity contribution in [2.45, 2.75) is 46.7 Å². The van der Waals surface area contributed by atoms with Crippen LogP contribution in [0.15, 0.2) is 88.3 Å². The number of benzene rings is 3. The molecule has 208 valence electrons. The van der Waals surface area contributed by atoms with E-state index < -0.39 is 0 Å². The van der Waals surface area contributed by atoms with Crippen LogP contribution in [0.5, 0.6) is 0 Å². The zero-order valence-electron chi connectivity index (χ0n) is 23.2. The fourth-order valence-corrected chi connectivity index (χ4v) is 4.47. The van der Waals surface area contributed by atoms with E-state index in [0.717, 1.165) is 18.4 Å². The Balaban J connectivity index is 1.63. The second kappa shape index (κ2) is 13.2. The summed E-state index contributed by atoms with van der Waals surface area (Å²) in [5.41, 5.74) is 2.92. The van der Waals surface area contributed by atoms with Gasteiger partial charge in [0.2, 0.25) is 5.91 Å². The molecule has 0 unspecified atom stereocenters. The van der Waals surface area contributed by atoms with E-state index in [1.807, 2.05) is 12.1 Å². The minimum absolute atomic E-state index is 0.0131. The molecule has 0 N–H and O–H groups in total. The van der Waals surface area contributed by atoms with Crippen LogP contribution in [0.1, 0.15) is 54.2 Å². The smallest absolute Gasteiger partial charge is 0.254 e. The number of nitrogens with zero attached hydrogens (tertiary/aromatic N) is 2. The number of aryl methyl sites for hydroxylation is 1. The highest BCUT2D eigenvalue weighted by Crippen LogP contribution is 2.16. The van der Waals surface area contributed by atoms with E-state index in [4.69, 9.17) is 4.42 Å². The molecule has 3 aromatic carbocycles. The largest absolute Gasteiger partial charge is 0.464 e. The Morgan fingerprint density at radius 2 is 1.55 bits per heavy atom. The number of para-hydroxylation sites is 1. The van der Waals surface area contributed by atoms with Gasteiger partial charge in [0, 0.05) is 18.7 Å². The van der Waals surface area contributed by atoms with Gasteiger partial charge in [-0.05, 0) is 66.3 Å². The number of fused-ring (bicyclic) bond motifs is 1. The molecule has 2 amide bonds. The molecule has 7 heteroatoms. The van der Waals surface area contributed by atoms with Crippen molar-refractivity contribution < 1.29 is 18.4 Å². The molecule has 0 saturated carbocycles. The van der Waals surface area contributed by atoms with E-state index in [1.54, 1.807) is 53.4 Å². The quantitative estimate of drug-likeness (QED) is 0.226. The first-order valence-electron chi connectivity index (χ1n) is 13.6. The summed E-state index contributed by atoms with van der Waals surface area (Å²) in [5.74, 6) is -0.579. The lowest BCUT2D eigenvalue weighted by molar-refractivity contribution is -0.133. The average molecular weight is 543 g/mol. The van der Waals surface area contributed by atoms with Crippen LogP contribution < -0.4 is 5.43 Å². The zero-order chi connectivity index (χ0) is 28.6. The number of amides is 2. The second-order valence-electron chi connectivity index (χ2n) is 10.4. The van der Waals surface area contributed by atoms with Crippen molar-refractivity contribution in [3.8, 4) is 0 Å². The third-order valence-corrected chi connectivity index (χ3v) is 6.95. The Kier molecular flexibility index (Phi) is 9.48. The summed E-state index contributed by atoms with van der Waals surface area (Å²) in [6.07, 6.45) is 2.98. The van der Waals surface area contributed by atoms with E-state index in [1.165, 1.54) is 23.3 Å². The van der Waals surface area contributed by atoms with Crippen LogP contribution in [0.3, 0.4) is 0 Å². The van der Waals surface area contributed by atoms with E-state index in [9.17, 15) is 18.8 Å². The van der Waals surface area contributed by atoms with Gasteiger partial charge in [0.05, 0.1) is 23.8 Å². The molecule has 6 nitrogen and oxygen atoms in total. The van der Waals surface area contributed by atoms with Gasteiger partial charge >= 0.3 is 0 Å². The molecule has 0 aliphatic carbocycles. The molecule has 0 aliphatic rings. The molecule has 0 atom stereocenters. The van der Waals surface area contributed by atoms with Gasteiger partial charge in [-0.25, -0.2) is 4.39 Å². The highest BCUT2D eigenvalue weighted by atomic mass is 19.1. The summed E-state index contributed by atoms with van der Waals surface area (Å²) >= 11 is 0. The highest BCUT2D eigenvalue weighted by Gasteiger charge is 2.24. The lowest BCUT2D eigenvalue weighted by atomic mass is 10.1. The first-order chi connectivity index (χ1) is 19.2. The molecule has 0 radical (unpaired) electrons. The van der Waals surface area contributed by atoms with Gasteiger partial charge in [0.1, 0.15) is 17.9 Å². The van der Waals surface area contributed by atoms with Crippen LogP contribution in [-0.2, 0) is 24.3 Å². The second-order valence-corrected chi connectivity index (χ2v) is 10.4. The van der Waals surface area contributed by atoms with E-state index in [0.29, 0.717) is 40.1 Å². The lowest BCUT2D eigenvalue weighted by Crippen LogP contribution is -2.43. The Hall–Kier alpha value is -4.26. The molecule has 1 aromatic heterocycles. The van der Waals surface area contributed by atoms with Crippen molar-refractivity contribution in [2.24, 2.45) is 5.92 Å². The molecule has 40 heavy (non-hydrogen) atoms. The maximum absolute atomic E-state index is 13.8. The van der Waals surface area contributed by atoms with E-state index in [-0.39, 0.29) is 42.7 Å². The molecule has 0 aliphatic heterocycles. The third-order valence-electron chi connectivity index (χ3n) is 6.95. The number of carbonyl (C=O) groups excluding carboxylic acids is 2. The Bertz CT molecular complexity index is 1510. The Morgan fingerprint density at radius 3 is 2.23 bits per heavy atom. The molecule has 0 saturated heterocycles. The number of hydrogen-bond donors (Lipinski definition) is 0. The molecular weight excluding hydrogens is 507 g/mol. The van der Waals surface area contributed by atoms with Crippen LogP contribution >= 0.6 is 0 Å². The van der Waals surface area contributed by atoms with Gasteiger partial charge < -0.3 is 14.2 Å². The van der Waals surface area contributed by atoms with Crippen molar-refractivity contribution >= 4 is 22.8 Å². The first-order valence-corrected chi connectivity index (χ1v) is 13.6. The summed E-state index contributed by atoms with van der Waals surface area (Å²) in [6, 6.07) is 20.3. The van der Waals surface area contributed by atoms with Crippen molar-refractivity contribution in [3.05, 3.63) is 117 Å². The standard InChI is InChI=1S/C33H35FN2O4/c1-4-24-9-13-26(14-10-24)33(39)35(18-17-23(2)3)21-31(37)36(19-25-11-15-28(34)16-12-25)20-27-22-40-30-8-6-5-7-29(30)32(27)38/h5-16,22-23H,4,17-21H2,1-3H3. The summed E-state index contributed by atoms with van der Waals surface area (Å²) in [5, 5.41) is 0.429. The van der Waals surface area contributed by atoms with E-state index >= 15 is 0 Å². The molecular formula is C33H35FN2O4. The fraction of sp³-hybridized carbons (Fsp3) is 0.303. The molecule has 1 heterocycles. The van der Waals surface area contributed by atoms with Gasteiger partial charge in [0.15, 0.2) is 5.43 Å². The lowest BCUT2D eigenvalue weighted by Gasteiger charge is -2.28. The van der Waals surface area contributed by atoms with Crippen LogP contribution in [0.25, 0.3) is 11.0 Å². The van der Waals surface area contributed by atoms with Crippen LogP contribution in [-0.4, -0.2) is 34.7 Å². The topological polar surface area (TPSA) is 70.8 Å². The monoisotopic (exact) mass is 542 g/mol. The van der Waals surface area contributed by atoms with Crippen molar-refractivity contribution in [1.29, 1.82) is 0 Å². The Labute approximate surface area is 234 Å². The molecule has 0 bridgehead atoms. The third kappa shape index (κ3) is 7.23. The molecule has 0 fully saturated rings. The van der Waals surface area contributed by atoms with Gasteiger partial charge in [-0.2, -0.15) is 0 Å². The number of carbonyl (C=O) groups is 2. The fourth-order valence-electron chi connectivity index (χ4n) is 4.47. The minimum Gasteiger partial charge on any atom is -0.464 e. The van der Waals surface area contributed by atoms with Gasteiger partial charge in [-0.1, -0.05) is 57.2 Å². The van der Waals surface area contributed by atoms with E-state index in [2.05, 4.69) is 20.8 Å². The summed E-state index contributed by atoms with van der Waals surface area (Å²) in [6.45, 7) is 6.59. The van der Waals surface area contributed by atoms with Gasteiger partial charge in [-0.15, -0.1) is 0 Å². The highest BCUT2D eigenvalue weighted by molar-refractivity contribution is 5.96. The van der Waals surface area contributed by atoms with Crippen LogP contribution in [0.2, 0.25) is 0 Å². The normalized spacial score (nSPS) is 11.1. The predicted octanol–water partition coefficient (Wildman–Crippen LogP) is 6.21. The molecule has 0 spiro atoms. The summed E-state index contributed by atoms with van der Waals surface area (Å²) in [7, 11) is 0. The number of halogens is 1. The predicted molar refractivity (Wildman–Crippen MR) is 154 cm³/mol. The average Bonchev–Trinajstić information content (AvgIpc) is 2.97. The van der Waals surface area contributed by atoms with Gasteiger partial charge in [-0.3, -0.25) is 14.4 Å². The Morgan fingerprint density at radius 1 is 0.875 bits per heavy atom. The van der Waals surface area contributed by atoms with Crippen molar-refractivity contribution in [3.63, 3.8) is 0 Å². The van der Waals surface area contributed by atoms with Crippen LogP contribution in [0, 0.1) is 11.7 Å². The molecule has 4 aromatic rings. The SMILES string of the molecule is CCc1ccc(C(=O)N(CCC(C)C)CC(=O)N(Cc2ccc(F)cc2)Cc2coc3ccccc3c2=O)cc1. The first kappa shape index (κ1) is 28.7. The summed E-state index contributed by atoms with van der Waals surface area (Å²) in [4.78, 5) is 43.6. The maximum atomic E-state index is 13.8. The summed E-state index contributed by atoms with van der Waals surface area (Å²) < 4.78 is 19.3. The van der Waals surface area contributed by atoms with Crippen LogP contribution in [0.4, 0.5) is 4.39 Å². The number of hydrogen-bond acceptors (Lipinski definition) is 4.